The smallest absolute Gasteiger partial charge is 0.123 e. The van der Waals surface area contributed by atoms with E-state index in [0.717, 1.165) is 41.5 Å². The van der Waals surface area contributed by atoms with Gasteiger partial charge in [0, 0.05) is 16.6 Å². The first kappa shape index (κ1) is 12.9. The standard InChI is InChI=1S/C14H19BrO2/c1-10-13(15)3-2-4-14(10)17-12-7-5-11(9-16)6-8-12/h2-4,11-12,16H,5-9H2,1H3/t11-,12-. The highest BCUT2D eigenvalue weighted by Crippen LogP contribution is 2.31. The molecule has 0 saturated heterocycles. The Morgan fingerprint density at radius 1 is 1.29 bits per heavy atom. The van der Waals surface area contributed by atoms with Crippen LogP contribution in [0.1, 0.15) is 31.2 Å². The van der Waals surface area contributed by atoms with Gasteiger partial charge in [0.1, 0.15) is 5.75 Å². The van der Waals surface area contributed by atoms with Crippen LogP contribution in [0.15, 0.2) is 22.7 Å². The quantitative estimate of drug-likeness (QED) is 0.922. The molecule has 2 nitrogen and oxygen atoms in total. The van der Waals surface area contributed by atoms with Crippen molar-refractivity contribution in [3.63, 3.8) is 0 Å². The number of aliphatic hydroxyl groups is 1. The lowest BCUT2D eigenvalue weighted by molar-refractivity contribution is 0.103. The average Bonchev–Trinajstić information content (AvgIpc) is 2.36. The number of aliphatic hydroxyl groups excluding tert-OH is 1. The van der Waals surface area contributed by atoms with Gasteiger partial charge in [0.15, 0.2) is 0 Å². The van der Waals surface area contributed by atoms with Gasteiger partial charge in [-0.3, -0.25) is 0 Å². The van der Waals surface area contributed by atoms with Gasteiger partial charge in [0.25, 0.3) is 0 Å². The molecule has 0 bridgehead atoms. The zero-order valence-electron chi connectivity index (χ0n) is 10.2. The maximum absolute atomic E-state index is 9.10. The van der Waals surface area contributed by atoms with Crippen molar-refractivity contribution < 1.29 is 9.84 Å². The highest BCUT2D eigenvalue weighted by molar-refractivity contribution is 9.10. The highest BCUT2D eigenvalue weighted by Gasteiger charge is 2.22. The molecule has 0 aromatic heterocycles. The summed E-state index contributed by atoms with van der Waals surface area (Å²) in [6.45, 7) is 2.39. The third kappa shape index (κ3) is 3.23. The van der Waals surface area contributed by atoms with Crippen molar-refractivity contribution in [2.24, 2.45) is 5.92 Å². The minimum Gasteiger partial charge on any atom is -0.490 e. The molecule has 0 spiro atoms. The van der Waals surface area contributed by atoms with E-state index >= 15 is 0 Å². The van der Waals surface area contributed by atoms with Crippen molar-refractivity contribution in [2.75, 3.05) is 6.61 Å². The third-order valence-corrected chi connectivity index (χ3v) is 4.42. The van der Waals surface area contributed by atoms with Crippen LogP contribution in [-0.4, -0.2) is 17.8 Å². The zero-order valence-corrected chi connectivity index (χ0v) is 11.7. The summed E-state index contributed by atoms with van der Waals surface area (Å²) < 4.78 is 7.14. The summed E-state index contributed by atoms with van der Waals surface area (Å²) in [4.78, 5) is 0. The Kier molecular flexibility index (Phi) is 4.46. The van der Waals surface area contributed by atoms with Crippen molar-refractivity contribution in [2.45, 2.75) is 38.7 Å². The number of benzene rings is 1. The van der Waals surface area contributed by atoms with E-state index in [2.05, 4.69) is 22.9 Å². The zero-order chi connectivity index (χ0) is 12.3. The van der Waals surface area contributed by atoms with Crippen LogP contribution in [0.2, 0.25) is 0 Å². The SMILES string of the molecule is Cc1c(Br)cccc1O[C@H]1CC[C@H](CO)CC1. The van der Waals surface area contributed by atoms with E-state index in [0.29, 0.717) is 18.6 Å². The number of hydrogen-bond acceptors (Lipinski definition) is 2. The van der Waals surface area contributed by atoms with Crippen LogP contribution in [-0.2, 0) is 0 Å². The van der Waals surface area contributed by atoms with Crippen molar-refractivity contribution in [1.82, 2.24) is 0 Å². The molecule has 0 unspecified atom stereocenters. The minimum absolute atomic E-state index is 0.311. The molecule has 1 saturated carbocycles. The van der Waals surface area contributed by atoms with Crippen molar-refractivity contribution in [1.29, 1.82) is 0 Å². The molecule has 1 fully saturated rings. The van der Waals surface area contributed by atoms with Gasteiger partial charge in [-0.25, -0.2) is 0 Å². The first-order chi connectivity index (χ1) is 8.20. The highest BCUT2D eigenvalue weighted by atomic mass is 79.9. The van der Waals surface area contributed by atoms with E-state index in [1.165, 1.54) is 0 Å². The summed E-state index contributed by atoms with van der Waals surface area (Å²) in [6, 6.07) is 6.06. The summed E-state index contributed by atoms with van der Waals surface area (Å²) in [7, 11) is 0. The van der Waals surface area contributed by atoms with Crippen molar-refractivity contribution in [3.05, 3.63) is 28.2 Å². The number of hydrogen-bond donors (Lipinski definition) is 1. The fourth-order valence-electron chi connectivity index (χ4n) is 2.33. The first-order valence-corrected chi connectivity index (χ1v) is 7.02. The largest absolute Gasteiger partial charge is 0.490 e. The molecule has 0 atom stereocenters. The van der Waals surface area contributed by atoms with Crippen LogP contribution in [0.3, 0.4) is 0 Å². The fraction of sp³-hybridized carbons (Fsp3) is 0.571. The number of halogens is 1. The molecule has 0 radical (unpaired) electrons. The molecule has 1 aromatic carbocycles. The topological polar surface area (TPSA) is 29.5 Å². The molecule has 2 rings (SSSR count). The van der Waals surface area contributed by atoms with Gasteiger partial charge in [-0.1, -0.05) is 22.0 Å². The molecule has 3 heteroatoms. The summed E-state index contributed by atoms with van der Waals surface area (Å²) in [5, 5.41) is 9.10. The van der Waals surface area contributed by atoms with Crippen molar-refractivity contribution >= 4 is 15.9 Å². The van der Waals surface area contributed by atoms with Gasteiger partial charge in [-0.15, -0.1) is 0 Å². The molecule has 1 aliphatic carbocycles. The molecule has 17 heavy (non-hydrogen) atoms. The van der Waals surface area contributed by atoms with Crippen LogP contribution in [0, 0.1) is 12.8 Å². The fourth-order valence-corrected chi connectivity index (χ4v) is 2.68. The van der Waals surface area contributed by atoms with Gasteiger partial charge in [0.05, 0.1) is 6.10 Å². The Labute approximate surface area is 111 Å². The Hall–Kier alpha value is -0.540. The van der Waals surface area contributed by atoms with Gasteiger partial charge >= 0.3 is 0 Å². The molecule has 1 N–H and O–H groups in total. The van der Waals surface area contributed by atoms with Crippen LogP contribution >= 0.6 is 15.9 Å². The van der Waals surface area contributed by atoms with Gasteiger partial charge in [-0.05, 0) is 50.7 Å². The maximum Gasteiger partial charge on any atom is 0.123 e. The Balaban J connectivity index is 1.95. The lowest BCUT2D eigenvalue weighted by Gasteiger charge is -2.28. The van der Waals surface area contributed by atoms with E-state index in [-0.39, 0.29) is 0 Å². The second-order valence-corrected chi connectivity index (χ2v) is 5.66. The normalized spacial score (nSPS) is 24.6. The molecule has 0 aliphatic heterocycles. The second kappa shape index (κ2) is 5.87. The van der Waals surface area contributed by atoms with Crippen molar-refractivity contribution in [3.8, 4) is 5.75 Å². The van der Waals surface area contributed by atoms with Crippen LogP contribution in [0.5, 0.6) is 5.75 Å². The number of ether oxygens (including phenoxy) is 1. The summed E-state index contributed by atoms with van der Waals surface area (Å²) >= 11 is 3.52. The molecule has 0 amide bonds. The monoisotopic (exact) mass is 298 g/mol. The maximum atomic E-state index is 9.10. The third-order valence-electron chi connectivity index (χ3n) is 3.56. The van der Waals surface area contributed by atoms with E-state index in [1.807, 2.05) is 18.2 Å². The Morgan fingerprint density at radius 2 is 2.00 bits per heavy atom. The first-order valence-electron chi connectivity index (χ1n) is 6.23. The molecule has 1 aromatic rings. The summed E-state index contributed by atoms with van der Waals surface area (Å²) in [5.41, 5.74) is 1.16. The lowest BCUT2D eigenvalue weighted by Crippen LogP contribution is -2.25. The lowest BCUT2D eigenvalue weighted by atomic mass is 9.88. The van der Waals surface area contributed by atoms with E-state index in [9.17, 15) is 0 Å². The van der Waals surface area contributed by atoms with Gasteiger partial charge in [0.2, 0.25) is 0 Å². The Bertz CT molecular complexity index is 370. The summed E-state index contributed by atoms with van der Waals surface area (Å²) in [5.74, 6) is 1.46. The van der Waals surface area contributed by atoms with E-state index in [1.54, 1.807) is 0 Å². The van der Waals surface area contributed by atoms with Crippen LogP contribution < -0.4 is 4.74 Å². The number of rotatable bonds is 3. The molecule has 94 valence electrons. The predicted octanol–water partition coefficient (Wildman–Crippen LogP) is 3.69. The molecular formula is C14H19BrO2. The minimum atomic E-state index is 0.311. The second-order valence-electron chi connectivity index (χ2n) is 4.81. The molecular weight excluding hydrogens is 280 g/mol. The predicted molar refractivity (Wildman–Crippen MR) is 72.3 cm³/mol. The Morgan fingerprint density at radius 3 is 2.65 bits per heavy atom. The molecule has 1 aliphatic rings. The molecule has 0 heterocycles. The summed E-state index contributed by atoms with van der Waals surface area (Å²) in [6.07, 6.45) is 4.57. The van der Waals surface area contributed by atoms with Crippen LogP contribution in [0.25, 0.3) is 0 Å². The van der Waals surface area contributed by atoms with Gasteiger partial charge < -0.3 is 9.84 Å². The van der Waals surface area contributed by atoms with Crippen LogP contribution in [0.4, 0.5) is 0 Å². The van der Waals surface area contributed by atoms with E-state index in [4.69, 9.17) is 9.84 Å². The van der Waals surface area contributed by atoms with Gasteiger partial charge in [-0.2, -0.15) is 0 Å². The average molecular weight is 299 g/mol. The van der Waals surface area contributed by atoms with E-state index < -0.39 is 0 Å².